The van der Waals surface area contributed by atoms with E-state index in [-0.39, 0.29) is 29.5 Å². The second-order valence-corrected chi connectivity index (χ2v) is 5.66. The average molecular weight is 278 g/mol. The van der Waals surface area contributed by atoms with Crippen LogP contribution in [0.4, 0.5) is 0 Å². The number of ether oxygens (including phenoxy) is 1. The number of hydrogen-bond donors (Lipinski definition) is 0. The van der Waals surface area contributed by atoms with E-state index in [2.05, 4.69) is 0 Å². The van der Waals surface area contributed by atoms with Crippen molar-refractivity contribution in [2.45, 2.75) is 6.42 Å². The first-order valence-electron chi connectivity index (χ1n) is 7.15. The molecule has 0 amide bonds. The van der Waals surface area contributed by atoms with Crippen molar-refractivity contribution in [2.24, 2.45) is 17.8 Å². The Kier molecular flexibility index (Phi) is 2.67. The predicted molar refractivity (Wildman–Crippen MR) is 78.8 cm³/mol. The van der Waals surface area contributed by atoms with Crippen molar-refractivity contribution in [1.29, 1.82) is 0 Å². The van der Waals surface area contributed by atoms with Crippen LogP contribution in [-0.4, -0.2) is 11.8 Å². The van der Waals surface area contributed by atoms with Gasteiger partial charge < -0.3 is 4.74 Å². The molecule has 2 aromatic rings. The molecule has 0 aliphatic heterocycles. The first-order chi connectivity index (χ1) is 10.2. The van der Waals surface area contributed by atoms with Gasteiger partial charge in [0.15, 0.2) is 0 Å². The molecule has 1 fully saturated rings. The van der Waals surface area contributed by atoms with Gasteiger partial charge in [-0.2, -0.15) is 0 Å². The molecular formula is C18H14O3. The zero-order valence-corrected chi connectivity index (χ0v) is 11.4. The first-order valence-corrected chi connectivity index (χ1v) is 7.15. The number of carbonyl (C=O) groups excluding carboxylic acids is 2. The lowest BCUT2D eigenvalue weighted by molar-refractivity contribution is -0.140. The van der Waals surface area contributed by atoms with Crippen molar-refractivity contribution in [3.8, 4) is 5.75 Å². The Labute approximate surface area is 122 Å². The number of allylic oxidation sites excluding steroid dienone is 2. The number of esters is 1. The molecule has 104 valence electrons. The van der Waals surface area contributed by atoms with E-state index in [0.29, 0.717) is 12.2 Å². The summed E-state index contributed by atoms with van der Waals surface area (Å²) in [5, 5.41) is 1.95. The van der Waals surface area contributed by atoms with Gasteiger partial charge in [0.25, 0.3) is 0 Å². The third kappa shape index (κ3) is 1.88. The molecule has 2 bridgehead atoms. The molecule has 3 nitrogen and oxygen atoms in total. The van der Waals surface area contributed by atoms with Crippen LogP contribution in [0, 0.1) is 17.8 Å². The number of hydrogen-bond acceptors (Lipinski definition) is 3. The average Bonchev–Trinajstić information content (AvgIpc) is 3.03. The molecule has 0 radical (unpaired) electrons. The van der Waals surface area contributed by atoms with E-state index in [1.807, 2.05) is 48.6 Å². The lowest BCUT2D eigenvalue weighted by atomic mass is 9.94. The van der Waals surface area contributed by atoms with Crippen LogP contribution in [0.15, 0.2) is 54.6 Å². The summed E-state index contributed by atoms with van der Waals surface area (Å²) in [6, 6.07) is 13.4. The van der Waals surface area contributed by atoms with Gasteiger partial charge in [-0.3, -0.25) is 9.59 Å². The maximum absolute atomic E-state index is 12.4. The smallest absolute Gasteiger partial charge is 0.315 e. The molecule has 0 N–H and O–H groups in total. The van der Waals surface area contributed by atoms with E-state index in [9.17, 15) is 9.59 Å². The molecular weight excluding hydrogens is 264 g/mol. The Morgan fingerprint density at radius 3 is 2.62 bits per heavy atom. The zero-order chi connectivity index (χ0) is 14.4. The SMILES string of the molecule is O=C1C2C=CC1C(C(=O)Oc1cccc3ccccc13)C2. The third-order valence-electron chi connectivity index (χ3n) is 4.45. The summed E-state index contributed by atoms with van der Waals surface area (Å²) in [5.74, 6) is -0.257. The van der Waals surface area contributed by atoms with E-state index in [1.165, 1.54) is 0 Å². The standard InChI is InChI=1S/C18H14O3/c19-17-12-8-9-14(17)15(10-12)18(20)21-16-7-3-5-11-4-1-2-6-13(11)16/h1-9,12,14-15H,10H2. The molecule has 21 heavy (non-hydrogen) atoms. The van der Waals surface area contributed by atoms with Crippen LogP contribution in [0.5, 0.6) is 5.75 Å². The summed E-state index contributed by atoms with van der Waals surface area (Å²) < 4.78 is 5.59. The van der Waals surface area contributed by atoms with Gasteiger partial charge in [-0.25, -0.2) is 0 Å². The maximum atomic E-state index is 12.4. The van der Waals surface area contributed by atoms with Crippen LogP contribution in [-0.2, 0) is 9.59 Å². The van der Waals surface area contributed by atoms with Gasteiger partial charge in [-0.05, 0) is 17.9 Å². The molecule has 0 aromatic heterocycles. The molecule has 0 heterocycles. The first kappa shape index (κ1) is 12.3. The Balaban J connectivity index is 1.62. The molecule has 2 aliphatic carbocycles. The molecule has 3 unspecified atom stereocenters. The monoisotopic (exact) mass is 278 g/mol. The van der Waals surface area contributed by atoms with Gasteiger partial charge in [-0.1, -0.05) is 48.6 Å². The van der Waals surface area contributed by atoms with Gasteiger partial charge >= 0.3 is 5.97 Å². The Hall–Kier alpha value is -2.42. The fourth-order valence-corrected chi connectivity index (χ4v) is 3.35. The molecule has 0 saturated heterocycles. The van der Waals surface area contributed by atoms with Crippen molar-refractivity contribution in [3.05, 3.63) is 54.6 Å². The fourth-order valence-electron chi connectivity index (χ4n) is 3.35. The Morgan fingerprint density at radius 1 is 1.05 bits per heavy atom. The highest BCUT2D eigenvalue weighted by atomic mass is 16.5. The van der Waals surface area contributed by atoms with Gasteiger partial charge in [0.1, 0.15) is 11.5 Å². The normalized spacial score (nSPS) is 26.5. The second-order valence-electron chi connectivity index (χ2n) is 5.66. The highest BCUT2D eigenvalue weighted by Gasteiger charge is 2.47. The summed E-state index contributed by atoms with van der Waals surface area (Å²) >= 11 is 0. The number of rotatable bonds is 2. The van der Waals surface area contributed by atoms with Crippen molar-refractivity contribution >= 4 is 22.5 Å². The number of benzene rings is 2. The quantitative estimate of drug-likeness (QED) is 0.481. The Bertz CT molecular complexity index is 770. The van der Waals surface area contributed by atoms with Crippen molar-refractivity contribution in [2.75, 3.05) is 0 Å². The lowest BCUT2D eigenvalue weighted by Gasteiger charge is -2.16. The molecule has 2 aromatic carbocycles. The van der Waals surface area contributed by atoms with Crippen LogP contribution in [0.25, 0.3) is 10.8 Å². The Morgan fingerprint density at radius 2 is 1.86 bits per heavy atom. The summed E-state index contributed by atoms with van der Waals surface area (Å²) in [6.45, 7) is 0. The van der Waals surface area contributed by atoms with Crippen molar-refractivity contribution < 1.29 is 14.3 Å². The van der Waals surface area contributed by atoms with E-state index >= 15 is 0 Å². The molecule has 3 heteroatoms. The third-order valence-corrected chi connectivity index (χ3v) is 4.45. The predicted octanol–water partition coefficient (Wildman–Crippen LogP) is 3.14. The number of carbonyl (C=O) groups is 2. The van der Waals surface area contributed by atoms with Gasteiger partial charge in [0.05, 0.1) is 5.92 Å². The summed E-state index contributed by atoms with van der Waals surface area (Å²) in [7, 11) is 0. The molecule has 4 rings (SSSR count). The lowest BCUT2D eigenvalue weighted by Crippen LogP contribution is -2.25. The topological polar surface area (TPSA) is 43.4 Å². The van der Waals surface area contributed by atoms with Gasteiger partial charge in [0.2, 0.25) is 0 Å². The minimum atomic E-state index is -0.327. The van der Waals surface area contributed by atoms with Crippen LogP contribution in [0.1, 0.15) is 6.42 Å². The minimum absolute atomic E-state index is 0.0833. The van der Waals surface area contributed by atoms with E-state index < -0.39 is 0 Å². The number of ketones is 1. The van der Waals surface area contributed by atoms with Crippen LogP contribution >= 0.6 is 0 Å². The molecule has 2 aliphatic rings. The summed E-state index contributed by atoms with van der Waals surface area (Å²) in [4.78, 5) is 24.3. The van der Waals surface area contributed by atoms with E-state index in [0.717, 1.165) is 10.8 Å². The minimum Gasteiger partial charge on any atom is -0.426 e. The largest absolute Gasteiger partial charge is 0.426 e. The zero-order valence-electron chi connectivity index (χ0n) is 11.4. The highest BCUT2D eigenvalue weighted by molar-refractivity contribution is 5.98. The van der Waals surface area contributed by atoms with Crippen LogP contribution in [0.2, 0.25) is 0 Å². The van der Waals surface area contributed by atoms with Gasteiger partial charge in [0, 0.05) is 17.2 Å². The van der Waals surface area contributed by atoms with E-state index in [4.69, 9.17) is 4.74 Å². The van der Waals surface area contributed by atoms with Crippen molar-refractivity contribution in [3.63, 3.8) is 0 Å². The maximum Gasteiger partial charge on any atom is 0.315 e. The van der Waals surface area contributed by atoms with E-state index in [1.54, 1.807) is 6.07 Å². The van der Waals surface area contributed by atoms with Gasteiger partial charge in [-0.15, -0.1) is 0 Å². The number of Topliss-reactive ketones (excluding diaryl/α,β-unsaturated/α-hetero) is 1. The van der Waals surface area contributed by atoms with Crippen LogP contribution < -0.4 is 4.74 Å². The highest BCUT2D eigenvalue weighted by Crippen LogP contribution is 2.41. The summed E-state index contributed by atoms with van der Waals surface area (Å²) in [5.41, 5.74) is 0. The molecule has 1 saturated carbocycles. The van der Waals surface area contributed by atoms with Crippen molar-refractivity contribution in [1.82, 2.24) is 0 Å². The second kappa shape index (κ2) is 4.55. The summed E-state index contributed by atoms with van der Waals surface area (Å²) in [6.07, 6.45) is 4.35. The number of fused-ring (bicyclic) bond motifs is 3. The molecule has 0 spiro atoms. The van der Waals surface area contributed by atoms with Crippen LogP contribution in [0.3, 0.4) is 0 Å². The fraction of sp³-hybridized carbons (Fsp3) is 0.222. The molecule has 3 atom stereocenters.